The summed E-state index contributed by atoms with van der Waals surface area (Å²) >= 11 is 0. The molecular formula is C19H21F3N4O2. The summed E-state index contributed by atoms with van der Waals surface area (Å²) in [5.74, 6) is 0. The molecule has 0 spiro atoms. The van der Waals surface area contributed by atoms with Gasteiger partial charge >= 0.3 is 6.18 Å². The van der Waals surface area contributed by atoms with Crippen molar-refractivity contribution in [2.75, 3.05) is 11.9 Å². The average molecular weight is 394 g/mol. The first-order valence-corrected chi connectivity index (χ1v) is 8.78. The number of likely N-dealkylation sites (N-methyl/N-ethyl adjacent to an activating group) is 1. The Bertz CT molecular complexity index is 904. The average Bonchev–Trinajstić information content (AvgIpc) is 3.14. The number of allylic oxidation sites excluding steroid dienone is 1. The molecule has 28 heavy (non-hydrogen) atoms. The number of nitro benzene ring substituents is 1. The van der Waals surface area contributed by atoms with Gasteiger partial charge in [-0.2, -0.15) is 13.2 Å². The van der Waals surface area contributed by atoms with Gasteiger partial charge in [0.1, 0.15) is 5.56 Å². The van der Waals surface area contributed by atoms with Crippen LogP contribution in [-0.4, -0.2) is 27.6 Å². The van der Waals surface area contributed by atoms with Crippen LogP contribution in [0.5, 0.6) is 0 Å². The Kier molecular flexibility index (Phi) is 4.95. The van der Waals surface area contributed by atoms with Gasteiger partial charge in [-0.25, -0.2) is 4.98 Å². The third-order valence-electron chi connectivity index (χ3n) is 5.32. The first-order chi connectivity index (χ1) is 13.0. The molecule has 0 fully saturated rings. The van der Waals surface area contributed by atoms with E-state index in [9.17, 15) is 23.3 Å². The van der Waals surface area contributed by atoms with Crippen molar-refractivity contribution in [3.8, 4) is 0 Å². The molecule has 2 aromatic rings. The van der Waals surface area contributed by atoms with Crippen LogP contribution in [-0.2, 0) is 6.18 Å². The number of nitrogens with zero attached hydrogens (tertiary/aromatic N) is 4. The number of hydrogen-bond acceptors (Lipinski definition) is 4. The Morgan fingerprint density at radius 1 is 1.36 bits per heavy atom. The van der Waals surface area contributed by atoms with Crippen LogP contribution >= 0.6 is 0 Å². The highest BCUT2D eigenvalue weighted by Gasteiger charge is 2.40. The highest BCUT2D eigenvalue weighted by molar-refractivity contribution is 5.59. The summed E-state index contributed by atoms with van der Waals surface area (Å²) < 4.78 is 41.9. The predicted molar refractivity (Wildman–Crippen MR) is 99.8 cm³/mol. The first kappa shape index (κ1) is 19.9. The second-order valence-electron chi connectivity index (χ2n) is 7.63. The molecule has 1 aromatic carbocycles. The second-order valence-corrected chi connectivity index (χ2v) is 7.63. The molecular weight excluding hydrogens is 373 g/mol. The minimum absolute atomic E-state index is 0.193. The fourth-order valence-electron chi connectivity index (χ4n) is 3.66. The molecule has 6 nitrogen and oxygen atoms in total. The highest BCUT2D eigenvalue weighted by atomic mass is 19.4. The SMILES string of the molecule is CN(c1ccc([N+](=O)[O-])c(C(F)(F)F)c1)C1C=C(n2ccnc2)CCC1(C)C. The minimum atomic E-state index is -4.81. The molecule has 1 heterocycles. The van der Waals surface area contributed by atoms with Gasteiger partial charge < -0.3 is 9.47 Å². The second kappa shape index (κ2) is 6.96. The van der Waals surface area contributed by atoms with Crippen molar-refractivity contribution in [3.05, 3.63) is 58.7 Å². The lowest BCUT2D eigenvalue weighted by Gasteiger charge is -2.43. The normalized spacial score (nSPS) is 19.2. The van der Waals surface area contributed by atoms with Crippen LogP contribution in [0.1, 0.15) is 32.3 Å². The number of alkyl halides is 3. The predicted octanol–water partition coefficient (Wildman–Crippen LogP) is 4.98. The van der Waals surface area contributed by atoms with Gasteiger partial charge in [0.25, 0.3) is 5.69 Å². The zero-order chi connectivity index (χ0) is 20.7. The molecule has 0 bridgehead atoms. The molecule has 1 aliphatic rings. The summed E-state index contributed by atoms with van der Waals surface area (Å²) in [4.78, 5) is 15.8. The van der Waals surface area contributed by atoms with Crippen LogP contribution < -0.4 is 4.90 Å². The fourth-order valence-corrected chi connectivity index (χ4v) is 3.66. The van der Waals surface area contributed by atoms with Gasteiger partial charge in [-0.05, 0) is 36.5 Å². The number of benzene rings is 1. The Labute approximate surface area is 160 Å². The number of aromatic nitrogens is 2. The number of anilines is 1. The van der Waals surface area contributed by atoms with E-state index < -0.39 is 22.4 Å². The summed E-state index contributed by atoms with van der Waals surface area (Å²) in [6.45, 7) is 4.12. The quantitative estimate of drug-likeness (QED) is 0.542. The Morgan fingerprint density at radius 3 is 2.64 bits per heavy atom. The third kappa shape index (κ3) is 3.74. The molecule has 1 atom stereocenters. The van der Waals surface area contributed by atoms with Crippen molar-refractivity contribution in [2.45, 2.75) is 38.9 Å². The topological polar surface area (TPSA) is 64.2 Å². The van der Waals surface area contributed by atoms with Crippen LogP contribution in [0.15, 0.2) is 43.0 Å². The molecule has 0 amide bonds. The van der Waals surface area contributed by atoms with Crippen molar-refractivity contribution in [3.63, 3.8) is 0 Å². The van der Waals surface area contributed by atoms with Gasteiger partial charge in [0.05, 0.1) is 17.3 Å². The largest absolute Gasteiger partial charge is 0.423 e. The van der Waals surface area contributed by atoms with Gasteiger partial charge in [-0.3, -0.25) is 10.1 Å². The number of hydrogen-bond donors (Lipinski definition) is 0. The van der Waals surface area contributed by atoms with E-state index in [0.29, 0.717) is 0 Å². The van der Waals surface area contributed by atoms with E-state index in [0.717, 1.165) is 30.7 Å². The Balaban J connectivity index is 2.03. The van der Waals surface area contributed by atoms with E-state index in [1.54, 1.807) is 24.5 Å². The lowest BCUT2D eigenvalue weighted by atomic mass is 9.75. The molecule has 0 radical (unpaired) electrons. The molecule has 3 rings (SSSR count). The van der Waals surface area contributed by atoms with E-state index in [1.165, 1.54) is 6.07 Å². The minimum Gasteiger partial charge on any atom is -0.368 e. The molecule has 0 N–H and O–H groups in total. The third-order valence-corrected chi connectivity index (χ3v) is 5.32. The lowest BCUT2D eigenvalue weighted by molar-refractivity contribution is -0.388. The van der Waals surface area contributed by atoms with Gasteiger partial charge in [0.15, 0.2) is 0 Å². The zero-order valence-corrected chi connectivity index (χ0v) is 15.8. The number of halogens is 3. The van der Waals surface area contributed by atoms with Crippen LogP contribution in [0.25, 0.3) is 5.70 Å². The van der Waals surface area contributed by atoms with Crippen LogP contribution in [0, 0.1) is 15.5 Å². The zero-order valence-electron chi connectivity index (χ0n) is 15.8. The number of nitro groups is 1. The maximum atomic E-state index is 13.3. The highest BCUT2D eigenvalue weighted by Crippen LogP contribution is 2.42. The summed E-state index contributed by atoms with van der Waals surface area (Å²) in [6.07, 6.45) is 4.07. The summed E-state index contributed by atoms with van der Waals surface area (Å²) in [6, 6.07) is 2.95. The molecule has 1 aliphatic carbocycles. The monoisotopic (exact) mass is 394 g/mol. The van der Waals surface area contributed by atoms with Crippen molar-refractivity contribution >= 4 is 17.1 Å². The number of rotatable bonds is 4. The van der Waals surface area contributed by atoms with Crippen LogP contribution in [0.4, 0.5) is 24.5 Å². The molecule has 0 saturated heterocycles. The van der Waals surface area contributed by atoms with Crippen molar-refractivity contribution in [1.29, 1.82) is 0 Å². The lowest BCUT2D eigenvalue weighted by Crippen LogP contribution is -2.44. The van der Waals surface area contributed by atoms with Gasteiger partial charge in [0, 0.05) is 36.9 Å². The van der Waals surface area contributed by atoms with Crippen molar-refractivity contribution < 1.29 is 18.1 Å². The fraction of sp³-hybridized carbons (Fsp3) is 0.421. The van der Waals surface area contributed by atoms with E-state index in [1.807, 2.05) is 16.8 Å². The van der Waals surface area contributed by atoms with E-state index in [2.05, 4.69) is 18.8 Å². The van der Waals surface area contributed by atoms with Gasteiger partial charge in [-0.15, -0.1) is 0 Å². The van der Waals surface area contributed by atoms with Gasteiger partial charge in [-0.1, -0.05) is 13.8 Å². The van der Waals surface area contributed by atoms with Crippen LogP contribution in [0.3, 0.4) is 0 Å². The van der Waals surface area contributed by atoms with Crippen LogP contribution in [0.2, 0.25) is 0 Å². The summed E-state index contributed by atoms with van der Waals surface area (Å²) in [5.41, 5.74) is -1.08. The van der Waals surface area contributed by atoms with Gasteiger partial charge in [0.2, 0.25) is 0 Å². The molecule has 1 aromatic heterocycles. The summed E-state index contributed by atoms with van der Waals surface area (Å²) in [7, 11) is 1.71. The number of imidazole rings is 1. The van der Waals surface area contributed by atoms with Crippen molar-refractivity contribution in [2.24, 2.45) is 5.41 Å². The standard InChI is InChI=1S/C19H21F3N4O2/c1-18(2)7-6-14(25-9-8-23-12-25)11-17(18)24(3)13-4-5-16(26(27)28)15(10-13)19(20,21)22/h4-5,8-12,17H,6-7H2,1-3H3. The first-order valence-electron chi connectivity index (χ1n) is 8.78. The smallest absolute Gasteiger partial charge is 0.368 e. The van der Waals surface area contributed by atoms with E-state index in [4.69, 9.17) is 0 Å². The molecule has 0 saturated carbocycles. The maximum absolute atomic E-state index is 13.3. The van der Waals surface area contributed by atoms with E-state index in [-0.39, 0.29) is 17.1 Å². The molecule has 1 unspecified atom stereocenters. The molecule has 9 heteroatoms. The Hall–Kier alpha value is -2.84. The Morgan fingerprint density at radius 2 is 2.07 bits per heavy atom. The van der Waals surface area contributed by atoms with E-state index >= 15 is 0 Å². The molecule has 150 valence electrons. The molecule has 0 aliphatic heterocycles. The summed E-state index contributed by atoms with van der Waals surface area (Å²) in [5, 5.41) is 11.0. The maximum Gasteiger partial charge on any atom is 0.423 e. The van der Waals surface area contributed by atoms with Crippen molar-refractivity contribution in [1.82, 2.24) is 9.55 Å².